The van der Waals surface area contributed by atoms with Gasteiger partial charge < -0.3 is 19.8 Å². The van der Waals surface area contributed by atoms with Gasteiger partial charge in [0.25, 0.3) is 0 Å². The first-order valence-corrected chi connectivity index (χ1v) is 9.25. The normalized spacial score (nSPS) is 16.6. The van der Waals surface area contributed by atoms with Gasteiger partial charge >= 0.3 is 0 Å². The molecule has 0 spiro atoms. The van der Waals surface area contributed by atoms with Crippen LogP contribution in [0.1, 0.15) is 5.56 Å². The van der Waals surface area contributed by atoms with Gasteiger partial charge in [0.1, 0.15) is 5.75 Å². The number of anilines is 1. The number of β-amino-alcohol motifs (C(OH)–C–C–N with tert-alkyl or cyclic N) is 1. The summed E-state index contributed by atoms with van der Waals surface area (Å²) in [6.07, 6.45) is -0.516. The Labute approximate surface area is 159 Å². The predicted octanol–water partition coefficient (Wildman–Crippen LogP) is 2.75. The highest BCUT2D eigenvalue weighted by Crippen LogP contribution is 2.20. The van der Waals surface area contributed by atoms with Gasteiger partial charge in [-0.25, -0.2) is 0 Å². The van der Waals surface area contributed by atoms with E-state index in [0.717, 1.165) is 37.4 Å². The molecule has 1 unspecified atom stereocenters. The maximum Gasteiger partial charge on any atom is 0.115 e. The fourth-order valence-electron chi connectivity index (χ4n) is 3.12. The van der Waals surface area contributed by atoms with E-state index < -0.39 is 6.10 Å². The van der Waals surface area contributed by atoms with Gasteiger partial charge in [-0.15, -0.1) is 0 Å². The highest BCUT2D eigenvalue weighted by Gasteiger charge is 2.19. The van der Waals surface area contributed by atoms with Crippen LogP contribution in [0.25, 0.3) is 0 Å². The summed E-state index contributed by atoms with van der Waals surface area (Å²) >= 11 is 6.10. The lowest BCUT2D eigenvalue weighted by Gasteiger charge is -2.36. The molecule has 1 aliphatic rings. The van der Waals surface area contributed by atoms with Gasteiger partial charge in [0.05, 0.1) is 19.3 Å². The number of aliphatic hydroxyl groups excluding tert-OH is 1. The molecule has 6 heteroatoms. The maximum atomic E-state index is 10.2. The van der Waals surface area contributed by atoms with Crippen LogP contribution < -0.4 is 4.90 Å². The molecule has 2 aromatic carbocycles. The lowest BCUT2D eigenvalue weighted by atomic mass is 10.2. The molecule has 1 atom stereocenters. The SMILES string of the molecule is Oc1ccc(N2CCN(CC(O)COCc3ccccc3Cl)CC2)cc1. The van der Waals surface area contributed by atoms with Crippen LogP contribution in [0.5, 0.6) is 5.75 Å². The van der Waals surface area contributed by atoms with Gasteiger partial charge in [-0.1, -0.05) is 29.8 Å². The van der Waals surface area contributed by atoms with E-state index in [1.54, 1.807) is 12.1 Å². The standard InChI is InChI=1S/C20H25ClN2O3/c21-20-4-2-1-3-16(20)14-26-15-19(25)13-22-9-11-23(12-10-22)17-5-7-18(24)8-6-17/h1-8,19,24-25H,9-15H2. The fourth-order valence-corrected chi connectivity index (χ4v) is 3.31. The minimum absolute atomic E-state index is 0.285. The molecule has 2 N–H and O–H groups in total. The molecule has 0 amide bonds. The summed E-state index contributed by atoms with van der Waals surface area (Å²) < 4.78 is 5.61. The highest BCUT2D eigenvalue weighted by atomic mass is 35.5. The van der Waals surface area contributed by atoms with Crippen molar-refractivity contribution in [2.75, 3.05) is 44.2 Å². The lowest BCUT2D eigenvalue weighted by Crippen LogP contribution is -2.49. The minimum atomic E-state index is -0.516. The summed E-state index contributed by atoms with van der Waals surface area (Å²) in [5, 5.41) is 20.3. The van der Waals surface area contributed by atoms with E-state index in [2.05, 4.69) is 9.80 Å². The molecule has 1 saturated heterocycles. The van der Waals surface area contributed by atoms with E-state index in [1.807, 2.05) is 36.4 Å². The number of rotatable bonds is 7. The highest BCUT2D eigenvalue weighted by molar-refractivity contribution is 6.31. The Hall–Kier alpha value is -1.79. The van der Waals surface area contributed by atoms with Gasteiger partial charge in [0.15, 0.2) is 0 Å². The summed E-state index contributed by atoms with van der Waals surface area (Å²) in [5.74, 6) is 0.285. The Bertz CT molecular complexity index is 688. The quantitative estimate of drug-likeness (QED) is 0.778. The average Bonchev–Trinajstić information content (AvgIpc) is 2.65. The molecule has 1 fully saturated rings. The molecule has 5 nitrogen and oxygen atoms in total. The predicted molar refractivity (Wildman–Crippen MR) is 104 cm³/mol. The van der Waals surface area contributed by atoms with E-state index in [1.165, 1.54) is 0 Å². The third-order valence-corrected chi connectivity index (χ3v) is 4.95. The lowest BCUT2D eigenvalue weighted by molar-refractivity contribution is 0.00916. The van der Waals surface area contributed by atoms with Crippen LogP contribution in [-0.4, -0.2) is 60.5 Å². The molecule has 0 radical (unpaired) electrons. The Morgan fingerprint density at radius 2 is 1.69 bits per heavy atom. The molecule has 3 rings (SSSR count). The zero-order valence-corrected chi connectivity index (χ0v) is 15.5. The number of phenolic OH excluding ortho intramolecular Hbond substituents is 1. The third kappa shape index (κ3) is 5.35. The molecule has 0 aliphatic carbocycles. The van der Waals surface area contributed by atoms with Crippen LogP contribution in [0.4, 0.5) is 5.69 Å². The molecule has 140 valence electrons. The second-order valence-corrected chi connectivity index (χ2v) is 6.97. The second-order valence-electron chi connectivity index (χ2n) is 6.56. The first kappa shape index (κ1) is 19.0. The molecule has 2 aromatic rings. The first-order chi connectivity index (χ1) is 12.6. The van der Waals surface area contributed by atoms with Crippen molar-refractivity contribution in [3.63, 3.8) is 0 Å². The number of piperazine rings is 1. The molecular weight excluding hydrogens is 352 g/mol. The second kappa shape index (κ2) is 9.24. The van der Waals surface area contributed by atoms with E-state index in [4.69, 9.17) is 16.3 Å². The van der Waals surface area contributed by atoms with Crippen molar-refractivity contribution >= 4 is 17.3 Å². The molecule has 0 saturated carbocycles. The van der Waals surface area contributed by atoms with E-state index in [0.29, 0.717) is 24.8 Å². The zero-order valence-electron chi connectivity index (χ0n) is 14.7. The van der Waals surface area contributed by atoms with E-state index >= 15 is 0 Å². The molecule has 26 heavy (non-hydrogen) atoms. The molecule has 1 heterocycles. The van der Waals surface area contributed by atoms with Crippen molar-refractivity contribution in [3.05, 3.63) is 59.1 Å². The fraction of sp³-hybridized carbons (Fsp3) is 0.400. The largest absolute Gasteiger partial charge is 0.508 e. The number of hydrogen-bond donors (Lipinski definition) is 2. The van der Waals surface area contributed by atoms with Crippen molar-refractivity contribution < 1.29 is 14.9 Å². The summed E-state index contributed by atoms with van der Waals surface area (Å²) in [6, 6.07) is 14.9. The average molecular weight is 377 g/mol. The molecule has 0 bridgehead atoms. The van der Waals surface area contributed by atoms with Crippen molar-refractivity contribution in [2.45, 2.75) is 12.7 Å². The first-order valence-electron chi connectivity index (χ1n) is 8.87. The summed E-state index contributed by atoms with van der Waals surface area (Å²) in [4.78, 5) is 4.54. The van der Waals surface area contributed by atoms with Crippen LogP contribution >= 0.6 is 11.6 Å². The monoisotopic (exact) mass is 376 g/mol. The van der Waals surface area contributed by atoms with Crippen molar-refractivity contribution in [3.8, 4) is 5.75 Å². The molecular formula is C20H25ClN2O3. The summed E-state index contributed by atoms with van der Waals surface area (Å²) in [7, 11) is 0. The van der Waals surface area contributed by atoms with Crippen LogP contribution in [-0.2, 0) is 11.3 Å². The Morgan fingerprint density at radius 1 is 1.00 bits per heavy atom. The number of nitrogens with zero attached hydrogens (tertiary/aromatic N) is 2. The van der Waals surface area contributed by atoms with Crippen molar-refractivity contribution in [2.24, 2.45) is 0 Å². The zero-order chi connectivity index (χ0) is 18.4. The van der Waals surface area contributed by atoms with Crippen molar-refractivity contribution in [1.29, 1.82) is 0 Å². The molecule has 0 aromatic heterocycles. The number of benzene rings is 2. The Kier molecular flexibility index (Phi) is 6.74. The number of aromatic hydroxyl groups is 1. The summed E-state index contributed by atoms with van der Waals surface area (Å²) in [5.41, 5.74) is 2.05. The Balaban J connectivity index is 1.37. The number of phenols is 1. The van der Waals surface area contributed by atoms with Crippen molar-refractivity contribution in [1.82, 2.24) is 4.90 Å². The van der Waals surface area contributed by atoms with Crippen LogP contribution in [0.2, 0.25) is 5.02 Å². The smallest absolute Gasteiger partial charge is 0.115 e. The number of halogens is 1. The van der Waals surface area contributed by atoms with Gasteiger partial charge in [0, 0.05) is 43.4 Å². The Morgan fingerprint density at radius 3 is 2.38 bits per heavy atom. The summed E-state index contributed by atoms with van der Waals surface area (Å²) in [6.45, 7) is 4.89. The minimum Gasteiger partial charge on any atom is -0.508 e. The van der Waals surface area contributed by atoms with Crippen LogP contribution in [0.15, 0.2) is 48.5 Å². The number of ether oxygens (including phenoxy) is 1. The van der Waals surface area contributed by atoms with Crippen LogP contribution in [0.3, 0.4) is 0 Å². The van der Waals surface area contributed by atoms with E-state index in [-0.39, 0.29) is 5.75 Å². The van der Waals surface area contributed by atoms with E-state index in [9.17, 15) is 10.2 Å². The van der Waals surface area contributed by atoms with Gasteiger partial charge in [-0.05, 0) is 35.9 Å². The van der Waals surface area contributed by atoms with Crippen LogP contribution in [0, 0.1) is 0 Å². The number of aliphatic hydroxyl groups is 1. The number of hydrogen-bond acceptors (Lipinski definition) is 5. The molecule has 1 aliphatic heterocycles. The van der Waals surface area contributed by atoms with Gasteiger partial charge in [-0.2, -0.15) is 0 Å². The topological polar surface area (TPSA) is 56.2 Å². The maximum absolute atomic E-state index is 10.2. The van der Waals surface area contributed by atoms with Gasteiger partial charge in [0.2, 0.25) is 0 Å². The third-order valence-electron chi connectivity index (χ3n) is 4.58. The van der Waals surface area contributed by atoms with Gasteiger partial charge in [-0.3, -0.25) is 4.90 Å².